The van der Waals surface area contributed by atoms with Crippen LogP contribution in [0.5, 0.6) is 5.75 Å². The third kappa shape index (κ3) is 1.09. The summed E-state index contributed by atoms with van der Waals surface area (Å²) in [5.41, 5.74) is 0.485. The first-order valence-electron chi connectivity index (χ1n) is 3.53. The molecule has 1 aromatic rings. The SMILES string of the molecule is Fc1cccc2c1[C]CCO2. The van der Waals surface area contributed by atoms with Crippen molar-refractivity contribution in [2.75, 3.05) is 6.61 Å². The summed E-state index contributed by atoms with van der Waals surface area (Å²) in [6.07, 6.45) is 3.61. The minimum absolute atomic E-state index is 0.248. The standard InChI is InChI=1S/C9H7FO/c10-8-4-1-5-9-7(8)3-2-6-11-9/h1,4-5H,2,6H2. The van der Waals surface area contributed by atoms with Crippen LogP contribution in [-0.2, 0) is 0 Å². The van der Waals surface area contributed by atoms with E-state index in [2.05, 4.69) is 6.42 Å². The van der Waals surface area contributed by atoms with Crippen molar-refractivity contribution in [3.05, 3.63) is 36.0 Å². The fraction of sp³-hybridized carbons (Fsp3) is 0.222. The van der Waals surface area contributed by atoms with Gasteiger partial charge < -0.3 is 4.74 Å². The summed E-state index contributed by atoms with van der Waals surface area (Å²) in [6.45, 7) is 0.608. The zero-order valence-corrected chi connectivity index (χ0v) is 5.93. The molecule has 1 heterocycles. The van der Waals surface area contributed by atoms with Gasteiger partial charge in [0.1, 0.15) is 11.6 Å². The van der Waals surface area contributed by atoms with Gasteiger partial charge in [0, 0.05) is 12.0 Å². The Morgan fingerprint density at radius 3 is 3.18 bits per heavy atom. The first-order valence-corrected chi connectivity index (χ1v) is 3.53. The zero-order valence-electron chi connectivity index (χ0n) is 5.93. The van der Waals surface area contributed by atoms with Gasteiger partial charge in [0.15, 0.2) is 0 Å². The number of hydrogen-bond acceptors (Lipinski definition) is 1. The van der Waals surface area contributed by atoms with E-state index in [-0.39, 0.29) is 5.82 Å². The van der Waals surface area contributed by atoms with Gasteiger partial charge in [-0.1, -0.05) is 6.07 Å². The Morgan fingerprint density at radius 1 is 1.45 bits per heavy atom. The van der Waals surface area contributed by atoms with E-state index in [1.54, 1.807) is 12.1 Å². The number of fused-ring (bicyclic) bond motifs is 1. The average Bonchev–Trinajstić information content (AvgIpc) is 2.06. The van der Waals surface area contributed by atoms with E-state index in [1.807, 2.05) is 0 Å². The quantitative estimate of drug-likeness (QED) is 0.550. The minimum Gasteiger partial charge on any atom is -0.493 e. The van der Waals surface area contributed by atoms with Crippen LogP contribution in [0.4, 0.5) is 4.39 Å². The van der Waals surface area contributed by atoms with Crippen molar-refractivity contribution in [1.82, 2.24) is 0 Å². The van der Waals surface area contributed by atoms with Crippen molar-refractivity contribution in [2.45, 2.75) is 6.42 Å². The lowest BCUT2D eigenvalue weighted by Crippen LogP contribution is -2.07. The summed E-state index contributed by atoms with van der Waals surface area (Å²) < 4.78 is 18.1. The molecule has 0 spiro atoms. The molecule has 0 aromatic heterocycles. The van der Waals surface area contributed by atoms with Crippen molar-refractivity contribution in [3.8, 4) is 5.75 Å². The summed E-state index contributed by atoms with van der Waals surface area (Å²) in [6, 6.07) is 4.81. The molecule has 0 fully saturated rings. The third-order valence-electron chi connectivity index (χ3n) is 1.64. The molecular weight excluding hydrogens is 143 g/mol. The Labute approximate surface area is 64.8 Å². The van der Waals surface area contributed by atoms with Crippen molar-refractivity contribution < 1.29 is 9.13 Å². The molecule has 1 nitrogen and oxygen atoms in total. The maximum absolute atomic E-state index is 12.9. The molecular formula is C9H7FO. The lowest BCUT2D eigenvalue weighted by molar-refractivity contribution is 0.303. The van der Waals surface area contributed by atoms with Gasteiger partial charge in [0.05, 0.1) is 6.61 Å². The van der Waals surface area contributed by atoms with E-state index >= 15 is 0 Å². The highest BCUT2D eigenvalue weighted by atomic mass is 19.1. The Hall–Kier alpha value is -1.05. The van der Waals surface area contributed by atoms with E-state index in [0.29, 0.717) is 24.3 Å². The highest BCUT2D eigenvalue weighted by Gasteiger charge is 2.13. The molecule has 0 atom stereocenters. The Kier molecular flexibility index (Phi) is 1.53. The lowest BCUT2D eigenvalue weighted by atomic mass is 10.1. The predicted molar refractivity (Wildman–Crippen MR) is 38.9 cm³/mol. The number of rotatable bonds is 0. The average molecular weight is 150 g/mol. The zero-order chi connectivity index (χ0) is 7.68. The van der Waals surface area contributed by atoms with Crippen LogP contribution in [0.1, 0.15) is 12.0 Å². The van der Waals surface area contributed by atoms with E-state index in [1.165, 1.54) is 6.07 Å². The summed E-state index contributed by atoms with van der Waals surface area (Å²) in [5, 5.41) is 0. The number of hydrogen-bond donors (Lipinski definition) is 0. The molecule has 0 unspecified atom stereocenters. The van der Waals surface area contributed by atoms with Gasteiger partial charge in [-0.2, -0.15) is 0 Å². The molecule has 1 aliphatic rings. The second-order valence-corrected chi connectivity index (χ2v) is 2.39. The van der Waals surface area contributed by atoms with E-state index < -0.39 is 0 Å². The molecule has 2 heteroatoms. The van der Waals surface area contributed by atoms with Gasteiger partial charge >= 0.3 is 0 Å². The van der Waals surface area contributed by atoms with Gasteiger partial charge in [-0.15, -0.1) is 0 Å². The van der Waals surface area contributed by atoms with Crippen LogP contribution in [-0.4, -0.2) is 6.61 Å². The molecule has 1 aromatic carbocycles. The van der Waals surface area contributed by atoms with Crippen LogP contribution in [0.25, 0.3) is 0 Å². The Balaban J connectivity index is 2.49. The van der Waals surface area contributed by atoms with Crippen LogP contribution < -0.4 is 4.74 Å². The molecule has 2 rings (SSSR count). The van der Waals surface area contributed by atoms with E-state index in [9.17, 15) is 4.39 Å². The second kappa shape index (κ2) is 2.53. The molecule has 11 heavy (non-hydrogen) atoms. The van der Waals surface area contributed by atoms with Crippen LogP contribution in [0.2, 0.25) is 0 Å². The van der Waals surface area contributed by atoms with Crippen LogP contribution in [0.15, 0.2) is 18.2 Å². The lowest BCUT2D eigenvalue weighted by Gasteiger charge is -2.16. The maximum atomic E-state index is 12.9. The summed E-state index contributed by atoms with van der Waals surface area (Å²) in [5.74, 6) is 0.360. The van der Waals surface area contributed by atoms with Crippen molar-refractivity contribution in [2.24, 2.45) is 0 Å². The van der Waals surface area contributed by atoms with Crippen molar-refractivity contribution >= 4 is 0 Å². The van der Waals surface area contributed by atoms with Gasteiger partial charge in [0.2, 0.25) is 0 Å². The monoisotopic (exact) mass is 150 g/mol. The van der Waals surface area contributed by atoms with Crippen molar-refractivity contribution in [3.63, 3.8) is 0 Å². The first-order chi connectivity index (χ1) is 5.38. The fourth-order valence-corrected chi connectivity index (χ4v) is 1.13. The van der Waals surface area contributed by atoms with E-state index in [0.717, 1.165) is 0 Å². The highest BCUT2D eigenvalue weighted by Crippen LogP contribution is 2.27. The smallest absolute Gasteiger partial charge is 0.130 e. The topological polar surface area (TPSA) is 9.23 Å². The first kappa shape index (κ1) is 6.65. The van der Waals surface area contributed by atoms with Crippen LogP contribution >= 0.6 is 0 Å². The Morgan fingerprint density at radius 2 is 2.36 bits per heavy atom. The summed E-state index contributed by atoms with van der Waals surface area (Å²) in [4.78, 5) is 0. The molecule has 56 valence electrons. The maximum Gasteiger partial charge on any atom is 0.130 e. The molecule has 2 radical (unpaired) electrons. The van der Waals surface area contributed by atoms with Crippen molar-refractivity contribution in [1.29, 1.82) is 0 Å². The normalized spacial score (nSPS) is 15.4. The molecule has 0 aliphatic carbocycles. The summed E-state index contributed by atoms with van der Waals surface area (Å²) in [7, 11) is 0. The van der Waals surface area contributed by atoms with Crippen LogP contribution in [0, 0.1) is 12.2 Å². The fourth-order valence-electron chi connectivity index (χ4n) is 1.13. The largest absolute Gasteiger partial charge is 0.493 e. The second-order valence-electron chi connectivity index (χ2n) is 2.39. The third-order valence-corrected chi connectivity index (χ3v) is 1.64. The molecule has 0 N–H and O–H groups in total. The summed E-state index contributed by atoms with van der Waals surface area (Å²) >= 11 is 0. The van der Waals surface area contributed by atoms with E-state index in [4.69, 9.17) is 4.74 Å². The van der Waals surface area contributed by atoms with Gasteiger partial charge in [0.25, 0.3) is 0 Å². The molecule has 0 bridgehead atoms. The molecule has 0 saturated carbocycles. The minimum atomic E-state index is -0.248. The van der Waals surface area contributed by atoms with Gasteiger partial charge in [-0.25, -0.2) is 4.39 Å². The molecule has 0 saturated heterocycles. The van der Waals surface area contributed by atoms with Gasteiger partial charge in [-0.05, 0) is 18.6 Å². The Bertz CT molecular complexity index is 270. The molecule has 1 aliphatic heterocycles. The van der Waals surface area contributed by atoms with Gasteiger partial charge in [-0.3, -0.25) is 0 Å². The number of ether oxygens (including phenoxy) is 1. The molecule has 0 amide bonds. The van der Waals surface area contributed by atoms with Crippen LogP contribution in [0.3, 0.4) is 0 Å². The highest BCUT2D eigenvalue weighted by molar-refractivity contribution is 5.41. The number of benzene rings is 1. The predicted octanol–water partition coefficient (Wildman–Crippen LogP) is 2.04. The number of halogens is 1.